The first-order chi connectivity index (χ1) is 26.3. The minimum atomic E-state index is -0.419. The Morgan fingerprint density at radius 2 is 0.891 bits per heavy atom. The van der Waals surface area contributed by atoms with E-state index in [1.54, 1.807) is 0 Å². The Kier molecular flexibility index (Phi) is 12.9. The first-order valence-corrected chi connectivity index (χ1v) is 20.0. The second-order valence-corrected chi connectivity index (χ2v) is 16.5. The van der Waals surface area contributed by atoms with Crippen molar-refractivity contribution in [3.63, 3.8) is 0 Å². The molecule has 0 aromatic heterocycles. The molecule has 1 fully saturated rings. The van der Waals surface area contributed by atoms with Crippen LogP contribution in [-0.4, -0.2) is 18.3 Å². The van der Waals surface area contributed by atoms with Crippen LogP contribution in [0.4, 0.5) is 11.4 Å². The molecule has 0 atom stereocenters. The van der Waals surface area contributed by atoms with Gasteiger partial charge in [-0.2, -0.15) is 0 Å². The van der Waals surface area contributed by atoms with Crippen LogP contribution in [0.25, 0.3) is 43.1 Å². The van der Waals surface area contributed by atoms with Gasteiger partial charge in [-0.25, -0.2) is 0 Å². The minimum absolute atomic E-state index is 0.355. The van der Waals surface area contributed by atoms with Crippen LogP contribution in [0.15, 0.2) is 152 Å². The Balaban J connectivity index is 0.000000129. The number of nitrogens with two attached hydrogens (primary N) is 2. The highest BCUT2D eigenvalue weighted by atomic mass is 127. The number of benzene rings is 8. The van der Waals surface area contributed by atoms with Gasteiger partial charge in [-0.15, -0.1) is 0 Å². The zero-order valence-electron chi connectivity index (χ0n) is 31.0. The SMILES string of the molecule is CC1(C)OB(c2ccc3ccccc3c2Cl)OC1(C)C.Clc1c(I)ccc2ccccc12.Nc1ccc2ccccc2c1.Nc1ccc2ccccc2c1Cl. The molecule has 0 spiro atoms. The molecule has 55 heavy (non-hydrogen) atoms. The number of fused-ring (bicyclic) bond motifs is 4. The summed E-state index contributed by atoms with van der Waals surface area (Å²) in [6, 6.07) is 50.2. The summed E-state index contributed by atoms with van der Waals surface area (Å²) >= 11 is 20.9. The lowest BCUT2D eigenvalue weighted by Gasteiger charge is -2.32. The topological polar surface area (TPSA) is 70.5 Å². The van der Waals surface area contributed by atoms with Gasteiger partial charge in [0.2, 0.25) is 0 Å². The molecule has 0 unspecified atom stereocenters. The van der Waals surface area contributed by atoms with Crippen molar-refractivity contribution in [2.24, 2.45) is 0 Å². The molecule has 9 heteroatoms. The average molecular weight is 898 g/mol. The maximum absolute atomic E-state index is 6.55. The molecule has 1 heterocycles. The van der Waals surface area contributed by atoms with Gasteiger partial charge in [0.25, 0.3) is 0 Å². The molecule has 1 aliphatic rings. The summed E-state index contributed by atoms with van der Waals surface area (Å²) in [5.74, 6) is 0. The van der Waals surface area contributed by atoms with Crippen LogP contribution < -0.4 is 16.9 Å². The predicted molar refractivity (Wildman–Crippen MR) is 248 cm³/mol. The summed E-state index contributed by atoms with van der Waals surface area (Å²) < 4.78 is 13.3. The van der Waals surface area contributed by atoms with Gasteiger partial charge in [-0.1, -0.05) is 162 Å². The number of halogens is 4. The molecule has 0 saturated carbocycles. The van der Waals surface area contributed by atoms with E-state index in [1.807, 2.05) is 143 Å². The molecule has 1 saturated heterocycles. The summed E-state index contributed by atoms with van der Waals surface area (Å²) in [6.07, 6.45) is 0. The van der Waals surface area contributed by atoms with Crippen molar-refractivity contribution in [3.8, 4) is 0 Å². The molecule has 8 aromatic carbocycles. The number of hydrogen-bond donors (Lipinski definition) is 2. The molecule has 0 radical (unpaired) electrons. The van der Waals surface area contributed by atoms with Crippen molar-refractivity contribution < 1.29 is 9.31 Å². The van der Waals surface area contributed by atoms with Crippen molar-refractivity contribution in [2.75, 3.05) is 11.5 Å². The molecule has 0 aliphatic carbocycles. The van der Waals surface area contributed by atoms with Crippen molar-refractivity contribution >= 4 is 124 Å². The average Bonchev–Trinajstić information content (AvgIpc) is 3.41. The van der Waals surface area contributed by atoms with Gasteiger partial charge in [-0.05, 0) is 107 Å². The summed E-state index contributed by atoms with van der Waals surface area (Å²) in [6.45, 7) is 8.17. The molecule has 278 valence electrons. The van der Waals surface area contributed by atoms with Crippen LogP contribution in [0.5, 0.6) is 0 Å². The number of hydrogen-bond acceptors (Lipinski definition) is 4. The number of rotatable bonds is 1. The zero-order valence-corrected chi connectivity index (χ0v) is 35.4. The van der Waals surface area contributed by atoms with E-state index in [-0.39, 0.29) is 11.2 Å². The van der Waals surface area contributed by atoms with Crippen molar-refractivity contribution in [1.82, 2.24) is 0 Å². The smallest absolute Gasteiger partial charge is 0.399 e. The number of nitrogen functional groups attached to an aromatic ring is 2. The van der Waals surface area contributed by atoms with E-state index in [9.17, 15) is 0 Å². The van der Waals surface area contributed by atoms with E-state index in [1.165, 1.54) is 16.2 Å². The Bertz CT molecular complexity index is 2520. The molecule has 1 aliphatic heterocycles. The number of anilines is 2. The van der Waals surface area contributed by atoms with Crippen LogP contribution in [0.3, 0.4) is 0 Å². The Hall–Kier alpha value is -4.02. The van der Waals surface area contributed by atoms with Crippen molar-refractivity contribution in [3.05, 3.63) is 170 Å². The van der Waals surface area contributed by atoms with E-state index in [0.717, 1.165) is 46.7 Å². The zero-order chi connectivity index (χ0) is 39.3. The second kappa shape index (κ2) is 17.4. The van der Waals surface area contributed by atoms with Gasteiger partial charge in [-0.3, -0.25) is 0 Å². The lowest BCUT2D eigenvalue weighted by molar-refractivity contribution is 0.00578. The predicted octanol–water partition coefficient (Wildman–Crippen LogP) is 13.4. The van der Waals surface area contributed by atoms with Crippen LogP contribution >= 0.6 is 57.4 Å². The van der Waals surface area contributed by atoms with Gasteiger partial charge >= 0.3 is 7.12 Å². The highest BCUT2D eigenvalue weighted by Crippen LogP contribution is 2.38. The third-order valence-corrected chi connectivity index (χ3v) is 12.4. The van der Waals surface area contributed by atoms with Crippen LogP contribution in [0, 0.1) is 3.57 Å². The van der Waals surface area contributed by atoms with Crippen LogP contribution in [0.1, 0.15) is 27.7 Å². The van der Waals surface area contributed by atoms with Gasteiger partial charge in [0, 0.05) is 30.5 Å². The third kappa shape index (κ3) is 9.34. The van der Waals surface area contributed by atoms with Crippen LogP contribution in [0.2, 0.25) is 15.1 Å². The molecule has 0 bridgehead atoms. The molecular formula is C46H41BCl3IN2O2. The first-order valence-electron chi connectivity index (χ1n) is 17.8. The maximum Gasteiger partial charge on any atom is 0.496 e. The van der Waals surface area contributed by atoms with Crippen molar-refractivity contribution in [2.45, 2.75) is 38.9 Å². The summed E-state index contributed by atoms with van der Waals surface area (Å²) in [4.78, 5) is 0. The summed E-state index contributed by atoms with van der Waals surface area (Å²) in [5.41, 5.74) is 12.9. The van der Waals surface area contributed by atoms with E-state index in [2.05, 4.69) is 59.0 Å². The van der Waals surface area contributed by atoms with Gasteiger partial charge in [0.15, 0.2) is 0 Å². The Morgan fingerprint density at radius 1 is 0.473 bits per heavy atom. The molecule has 4 N–H and O–H groups in total. The lowest BCUT2D eigenvalue weighted by Crippen LogP contribution is -2.41. The van der Waals surface area contributed by atoms with Gasteiger partial charge in [0.1, 0.15) is 0 Å². The Labute approximate surface area is 352 Å². The van der Waals surface area contributed by atoms with E-state index in [4.69, 9.17) is 55.6 Å². The highest BCUT2D eigenvalue weighted by Gasteiger charge is 2.52. The maximum atomic E-state index is 6.55. The fourth-order valence-electron chi connectivity index (χ4n) is 6.07. The van der Waals surface area contributed by atoms with Gasteiger partial charge < -0.3 is 20.8 Å². The highest BCUT2D eigenvalue weighted by molar-refractivity contribution is 14.1. The van der Waals surface area contributed by atoms with E-state index in [0.29, 0.717) is 15.7 Å². The fraction of sp³-hybridized carbons (Fsp3) is 0.130. The largest absolute Gasteiger partial charge is 0.496 e. The lowest BCUT2D eigenvalue weighted by atomic mass is 9.78. The Morgan fingerprint density at radius 3 is 1.45 bits per heavy atom. The van der Waals surface area contributed by atoms with Crippen molar-refractivity contribution in [1.29, 1.82) is 0 Å². The van der Waals surface area contributed by atoms with E-state index < -0.39 is 7.12 Å². The molecule has 4 nitrogen and oxygen atoms in total. The molecule has 9 rings (SSSR count). The first kappa shape index (κ1) is 40.6. The van der Waals surface area contributed by atoms with Crippen LogP contribution in [-0.2, 0) is 9.31 Å². The summed E-state index contributed by atoms with van der Waals surface area (Å²) in [5, 5.41) is 11.3. The standard InChI is InChI=1S/C16H18BClO2.C10H6ClI.C10H8ClN.C10H9N/c1-15(2)16(3,4)20-17(19-15)13-10-9-11-7-5-6-8-12(11)14(13)18;2*11-10-8-4-2-1-3-7(8)5-6-9(10)12;11-10-6-5-8-3-1-2-4-9(8)7-10/h5-10H,1-4H3;1-6H;1-6H,12H2;1-7H,11H2. The normalized spacial score (nSPS) is 14.1. The third-order valence-electron chi connectivity index (χ3n) is 9.88. The second-order valence-electron chi connectivity index (χ2n) is 14.2. The fourth-order valence-corrected chi connectivity index (χ4v) is 7.33. The quantitative estimate of drug-likeness (QED) is 0.0978. The van der Waals surface area contributed by atoms with E-state index >= 15 is 0 Å². The molecule has 0 amide bonds. The minimum Gasteiger partial charge on any atom is -0.399 e. The van der Waals surface area contributed by atoms with Gasteiger partial charge in [0.05, 0.1) is 26.9 Å². The molecular weight excluding hydrogens is 857 g/mol. The summed E-state index contributed by atoms with van der Waals surface area (Å²) in [7, 11) is -0.419. The molecule has 8 aromatic rings. The monoisotopic (exact) mass is 896 g/mol.